The molecule has 0 saturated carbocycles. The quantitative estimate of drug-likeness (QED) is 0.802. The topological polar surface area (TPSA) is 33.7 Å². The predicted molar refractivity (Wildman–Crippen MR) is 68.9 cm³/mol. The summed E-state index contributed by atoms with van der Waals surface area (Å²) in [6, 6.07) is 5.01. The number of methoxy groups -OCH3 is 1. The molecule has 0 aromatic heterocycles. The summed E-state index contributed by atoms with van der Waals surface area (Å²) in [5.74, 6) is -0.0342. The van der Waals surface area contributed by atoms with Crippen molar-refractivity contribution >= 4 is 5.69 Å². The Balaban J connectivity index is 2.04. The number of halogens is 1. The Morgan fingerprint density at radius 1 is 1.28 bits per heavy atom. The maximum atomic E-state index is 13.6. The van der Waals surface area contributed by atoms with Gasteiger partial charge in [0.05, 0.1) is 6.61 Å². The minimum absolute atomic E-state index is 0.295. The van der Waals surface area contributed by atoms with Gasteiger partial charge in [0.2, 0.25) is 0 Å². The minimum Gasteiger partial charge on any atom is -0.488 e. The summed E-state index contributed by atoms with van der Waals surface area (Å²) in [7, 11) is 1.59. The van der Waals surface area contributed by atoms with Crippen molar-refractivity contribution in [3.63, 3.8) is 0 Å². The highest BCUT2D eigenvalue weighted by Gasteiger charge is 2.13. The Hall–Kier alpha value is -1.33. The molecular weight excluding hydrogens is 235 g/mol. The average Bonchev–Trinajstić information content (AvgIpc) is 2.42. The molecule has 4 nitrogen and oxygen atoms in total. The second-order valence-electron chi connectivity index (χ2n) is 4.19. The molecule has 1 fully saturated rings. The second-order valence-corrected chi connectivity index (χ2v) is 4.19. The number of rotatable bonds is 5. The van der Waals surface area contributed by atoms with E-state index >= 15 is 0 Å². The van der Waals surface area contributed by atoms with Crippen molar-refractivity contribution in [2.45, 2.75) is 0 Å². The van der Waals surface area contributed by atoms with Gasteiger partial charge in [0, 0.05) is 45.0 Å². The van der Waals surface area contributed by atoms with Crippen LogP contribution in [0.4, 0.5) is 10.1 Å². The van der Waals surface area contributed by atoms with Gasteiger partial charge in [0.25, 0.3) is 0 Å². The molecule has 0 radical (unpaired) electrons. The van der Waals surface area contributed by atoms with E-state index in [4.69, 9.17) is 9.47 Å². The summed E-state index contributed by atoms with van der Waals surface area (Å²) in [5, 5.41) is 3.29. The minimum atomic E-state index is -0.329. The molecule has 0 spiro atoms. The number of benzene rings is 1. The third kappa shape index (κ3) is 3.34. The third-order valence-electron chi connectivity index (χ3n) is 2.94. The van der Waals surface area contributed by atoms with E-state index < -0.39 is 0 Å². The molecule has 1 aromatic carbocycles. The van der Waals surface area contributed by atoms with E-state index in [-0.39, 0.29) is 5.82 Å². The molecule has 1 saturated heterocycles. The monoisotopic (exact) mass is 254 g/mol. The standard InChI is InChI=1S/C13H19FN2O2/c1-17-8-9-18-13-10-11(2-3-12(13)14)16-6-4-15-5-7-16/h2-3,10,15H,4-9H2,1H3. The Morgan fingerprint density at radius 3 is 2.78 bits per heavy atom. The first-order valence-corrected chi connectivity index (χ1v) is 6.18. The van der Waals surface area contributed by atoms with Crippen LogP contribution in [0.15, 0.2) is 18.2 Å². The van der Waals surface area contributed by atoms with Crippen LogP contribution in [0.3, 0.4) is 0 Å². The van der Waals surface area contributed by atoms with Gasteiger partial charge in [-0.2, -0.15) is 0 Å². The summed E-state index contributed by atoms with van der Waals surface area (Å²) in [4.78, 5) is 2.22. The summed E-state index contributed by atoms with van der Waals surface area (Å²) < 4.78 is 23.8. The molecule has 0 amide bonds. The van der Waals surface area contributed by atoms with Crippen LogP contribution in [-0.4, -0.2) is 46.5 Å². The largest absolute Gasteiger partial charge is 0.488 e. The van der Waals surface area contributed by atoms with Crippen molar-refractivity contribution in [1.82, 2.24) is 5.32 Å². The molecule has 5 heteroatoms. The third-order valence-corrected chi connectivity index (χ3v) is 2.94. The molecule has 1 aromatic rings. The summed E-state index contributed by atoms with van der Waals surface area (Å²) in [6.45, 7) is 4.59. The first-order valence-electron chi connectivity index (χ1n) is 6.18. The SMILES string of the molecule is COCCOc1cc(N2CCNCC2)ccc1F. The fraction of sp³-hybridized carbons (Fsp3) is 0.538. The zero-order valence-corrected chi connectivity index (χ0v) is 10.6. The van der Waals surface area contributed by atoms with Gasteiger partial charge in [-0.05, 0) is 12.1 Å². The maximum absolute atomic E-state index is 13.6. The van der Waals surface area contributed by atoms with Gasteiger partial charge < -0.3 is 19.7 Å². The van der Waals surface area contributed by atoms with Gasteiger partial charge in [-0.3, -0.25) is 0 Å². The molecule has 0 unspecified atom stereocenters. The maximum Gasteiger partial charge on any atom is 0.165 e. The fourth-order valence-corrected chi connectivity index (χ4v) is 1.96. The molecule has 1 aliphatic rings. The molecule has 2 rings (SSSR count). The van der Waals surface area contributed by atoms with Gasteiger partial charge in [0.15, 0.2) is 11.6 Å². The van der Waals surface area contributed by atoms with Crippen LogP contribution in [0.2, 0.25) is 0 Å². The number of ether oxygens (including phenoxy) is 2. The van der Waals surface area contributed by atoms with Crippen molar-refractivity contribution in [1.29, 1.82) is 0 Å². The van der Waals surface area contributed by atoms with Crippen LogP contribution < -0.4 is 15.0 Å². The Morgan fingerprint density at radius 2 is 2.06 bits per heavy atom. The molecule has 100 valence electrons. The Labute approximate surface area is 107 Å². The van der Waals surface area contributed by atoms with E-state index in [9.17, 15) is 4.39 Å². The lowest BCUT2D eigenvalue weighted by molar-refractivity contribution is 0.144. The average molecular weight is 254 g/mol. The number of anilines is 1. The van der Waals surface area contributed by atoms with E-state index in [0.29, 0.717) is 19.0 Å². The van der Waals surface area contributed by atoms with Crippen LogP contribution in [0.5, 0.6) is 5.75 Å². The molecule has 0 aliphatic carbocycles. The number of nitrogens with one attached hydrogen (secondary N) is 1. The van der Waals surface area contributed by atoms with E-state index in [1.807, 2.05) is 0 Å². The summed E-state index contributed by atoms with van der Waals surface area (Å²) in [5.41, 5.74) is 1.00. The van der Waals surface area contributed by atoms with Gasteiger partial charge >= 0.3 is 0 Å². The van der Waals surface area contributed by atoms with E-state index in [0.717, 1.165) is 31.9 Å². The number of hydrogen-bond acceptors (Lipinski definition) is 4. The highest BCUT2D eigenvalue weighted by atomic mass is 19.1. The Bertz CT molecular complexity index is 381. The van der Waals surface area contributed by atoms with E-state index in [2.05, 4.69) is 10.2 Å². The number of piperazine rings is 1. The lowest BCUT2D eigenvalue weighted by Gasteiger charge is -2.29. The smallest absolute Gasteiger partial charge is 0.165 e. The summed E-state index contributed by atoms with van der Waals surface area (Å²) in [6.07, 6.45) is 0. The predicted octanol–water partition coefficient (Wildman–Crippen LogP) is 1.26. The van der Waals surface area contributed by atoms with E-state index in [1.54, 1.807) is 19.2 Å². The molecule has 0 atom stereocenters. The Kier molecular flexibility index (Phi) is 4.78. The van der Waals surface area contributed by atoms with E-state index in [1.165, 1.54) is 6.07 Å². The van der Waals surface area contributed by atoms with Gasteiger partial charge in [0.1, 0.15) is 6.61 Å². The second kappa shape index (κ2) is 6.56. The molecule has 1 N–H and O–H groups in total. The lowest BCUT2D eigenvalue weighted by Crippen LogP contribution is -2.43. The van der Waals surface area contributed by atoms with Gasteiger partial charge in [-0.15, -0.1) is 0 Å². The van der Waals surface area contributed by atoms with Crippen LogP contribution in [0.25, 0.3) is 0 Å². The molecule has 0 bridgehead atoms. The van der Waals surface area contributed by atoms with Crippen molar-refractivity contribution < 1.29 is 13.9 Å². The first kappa shape index (κ1) is 13.1. The first-order chi connectivity index (χ1) is 8.81. The number of nitrogens with zero attached hydrogens (tertiary/aromatic N) is 1. The van der Waals surface area contributed by atoms with Crippen molar-refractivity contribution in [2.24, 2.45) is 0 Å². The number of hydrogen-bond donors (Lipinski definition) is 1. The van der Waals surface area contributed by atoms with Crippen LogP contribution in [0.1, 0.15) is 0 Å². The van der Waals surface area contributed by atoms with Crippen LogP contribution in [0, 0.1) is 5.82 Å². The summed E-state index contributed by atoms with van der Waals surface area (Å²) >= 11 is 0. The van der Waals surface area contributed by atoms with Crippen molar-refractivity contribution in [3.8, 4) is 5.75 Å². The molecular formula is C13H19FN2O2. The van der Waals surface area contributed by atoms with Crippen molar-refractivity contribution in [3.05, 3.63) is 24.0 Å². The lowest BCUT2D eigenvalue weighted by atomic mass is 10.2. The zero-order chi connectivity index (χ0) is 12.8. The van der Waals surface area contributed by atoms with Crippen LogP contribution >= 0.6 is 0 Å². The molecule has 18 heavy (non-hydrogen) atoms. The fourth-order valence-electron chi connectivity index (χ4n) is 1.96. The molecule has 1 aliphatic heterocycles. The highest BCUT2D eigenvalue weighted by molar-refractivity contribution is 5.51. The molecule has 1 heterocycles. The normalized spacial score (nSPS) is 15.8. The van der Waals surface area contributed by atoms with Gasteiger partial charge in [-0.1, -0.05) is 0 Å². The van der Waals surface area contributed by atoms with Gasteiger partial charge in [-0.25, -0.2) is 4.39 Å². The van der Waals surface area contributed by atoms with Crippen LogP contribution in [-0.2, 0) is 4.74 Å². The highest BCUT2D eigenvalue weighted by Crippen LogP contribution is 2.24. The van der Waals surface area contributed by atoms with Crippen molar-refractivity contribution in [2.75, 3.05) is 51.4 Å². The zero-order valence-electron chi connectivity index (χ0n) is 10.6.